The highest BCUT2D eigenvalue weighted by molar-refractivity contribution is 6.01. The predicted molar refractivity (Wildman–Crippen MR) is 69.8 cm³/mol. The van der Waals surface area contributed by atoms with Crippen molar-refractivity contribution in [1.82, 2.24) is 5.32 Å². The molecule has 0 saturated heterocycles. The first-order valence-electron chi connectivity index (χ1n) is 5.70. The summed E-state index contributed by atoms with van der Waals surface area (Å²) in [5, 5.41) is 5.34. The molecule has 0 atom stereocenters. The molecule has 0 aliphatic carbocycles. The summed E-state index contributed by atoms with van der Waals surface area (Å²) < 4.78 is 4.67. The van der Waals surface area contributed by atoms with E-state index in [9.17, 15) is 9.59 Å². The highest BCUT2D eigenvalue weighted by Crippen LogP contribution is 2.18. The average molecular weight is 250 g/mol. The Kier molecular flexibility index (Phi) is 4.71. The van der Waals surface area contributed by atoms with Gasteiger partial charge >= 0.3 is 12.0 Å². The lowest BCUT2D eigenvalue weighted by Gasteiger charge is -2.13. The average Bonchev–Trinajstić information content (AvgIpc) is 2.27. The maximum atomic E-state index is 11.6. The summed E-state index contributed by atoms with van der Waals surface area (Å²) in [5.74, 6) is -0.477. The Balaban J connectivity index is 2.95. The first kappa shape index (κ1) is 14.0. The van der Waals surface area contributed by atoms with Gasteiger partial charge < -0.3 is 15.4 Å². The molecule has 98 valence electrons. The van der Waals surface area contributed by atoms with Crippen LogP contribution in [-0.2, 0) is 4.74 Å². The second kappa shape index (κ2) is 6.05. The highest BCUT2D eigenvalue weighted by Gasteiger charge is 2.14. The topological polar surface area (TPSA) is 67.4 Å². The van der Waals surface area contributed by atoms with E-state index in [1.165, 1.54) is 7.11 Å². The van der Waals surface area contributed by atoms with Crippen LogP contribution >= 0.6 is 0 Å². The van der Waals surface area contributed by atoms with Gasteiger partial charge in [0, 0.05) is 6.04 Å². The molecule has 2 N–H and O–H groups in total. The number of methoxy groups -OCH3 is 1. The van der Waals surface area contributed by atoms with Gasteiger partial charge in [0.2, 0.25) is 0 Å². The Labute approximate surface area is 107 Å². The molecule has 0 unspecified atom stereocenters. The number of anilines is 1. The van der Waals surface area contributed by atoms with Gasteiger partial charge in [0.25, 0.3) is 0 Å². The van der Waals surface area contributed by atoms with Crippen molar-refractivity contribution in [2.45, 2.75) is 26.8 Å². The van der Waals surface area contributed by atoms with Gasteiger partial charge in [-0.3, -0.25) is 0 Å². The van der Waals surface area contributed by atoms with Crippen molar-refractivity contribution in [1.29, 1.82) is 0 Å². The van der Waals surface area contributed by atoms with Crippen molar-refractivity contribution >= 4 is 17.7 Å². The van der Waals surface area contributed by atoms with Crippen LogP contribution in [0.2, 0.25) is 0 Å². The van der Waals surface area contributed by atoms with Crippen molar-refractivity contribution in [3.05, 3.63) is 29.3 Å². The zero-order chi connectivity index (χ0) is 13.7. The summed E-state index contributed by atoms with van der Waals surface area (Å²) in [6.07, 6.45) is 0. The third-order valence-electron chi connectivity index (χ3n) is 2.25. The smallest absolute Gasteiger partial charge is 0.339 e. The number of benzene rings is 1. The molecular weight excluding hydrogens is 232 g/mol. The van der Waals surface area contributed by atoms with Gasteiger partial charge in [-0.25, -0.2) is 9.59 Å². The molecule has 0 aromatic heterocycles. The second-order valence-electron chi connectivity index (χ2n) is 4.29. The molecule has 0 aliphatic rings. The summed E-state index contributed by atoms with van der Waals surface area (Å²) >= 11 is 0. The predicted octanol–water partition coefficient (Wildman–Crippen LogP) is 2.31. The van der Waals surface area contributed by atoms with Crippen molar-refractivity contribution in [3.8, 4) is 0 Å². The molecule has 0 heterocycles. The van der Waals surface area contributed by atoms with Gasteiger partial charge in [-0.2, -0.15) is 0 Å². The van der Waals surface area contributed by atoms with Crippen molar-refractivity contribution in [2.75, 3.05) is 12.4 Å². The third-order valence-corrected chi connectivity index (χ3v) is 2.25. The molecule has 0 aliphatic heterocycles. The number of esters is 1. The van der Waals surface area contributed by atoms with E-state index >= 15 is 0 Å². The van der Waals surface area contributed by atoms with E-state index in [2.05, 4.69) is 15.4 Å². The molecule has 0 spiro atoms. The fourth-order valence-corrected chi connectivity index (χ4v) is 1.47. The normalized spacial score (nSPS) is 10.1. The highest BCUT2D eigenvalue weighted by atomic mass is 16.5. The fraction of sp³-hybridized carbons (Fsp3) is 0.385. The molecule has 0 radical (unpaired) electrons. The summed E-state index contributed by atoms with van der Waals surface area (Å²) in [4.78, 5) is 23.2. The lowest BCUT2D eigenvalue weighted by atomic mass is 10.1. The Morgan fingerprint density at radius 3 is 2.50 bits per heavy atom. The second-order valence-corrected chi connectivity index (χ2v) is 4.29. The van der Waals surface area contributed by atoms with E-state index in [0.717, 1.165) is 5.56 Å². The summed E-state index contributed by atoms with van der Waals surface area (Å²) in [7, 11) is 1.31. The van der Waals surface area contributed by atoms with Gasteiger partial charge in [-0.05, 0) is 38.5 Å². The van der Waals surface area contributed by atoms with E-state index in [4.69, 9.17) is 0 Å². The van der Waals surface area contributed by atoms with Gasteiger partial charge in [-0.1, -0.05) is 6.07 Å². The van der Waals surface area contributed by atoms with Gasteiger partial charge in [0.05, 0.1) is 18.4 Å². The van der Waals surface area contributed by atoms with E-state index in [1.807, 2.05) is 20.8 Å². The number of ether oxygens (including phenoxy) is 1. The Morgan fingerprint density at radius 1 is 1.28 bits per heavy atom. The minimum Gasteiger partial charge on any atom is -0.465 e. The molecule has 1 rings (SSSR count). The van der Waals surface area contributed by atoms with Crippen LogP contribution in [0, 0.1) is 6.92 Å². The molecule has 0 bridgehead atoms. The zero-order valence-corrected chi connectivity index (χ0v) is 11.0. The van der Waals surface area contributed by atoms with Crippen LogP contribution in [0.1, 0.15) is 29.8 Å². The summed E-state index contributed by atoms with van der Waals surface area (Å²) in [6.45, 7) is 5.60. The SMILES string of the molecule is COC(=O)c1ccc(C)cc1NC(=O)NC(C)C. The lowest BCUT2D eigenvalue weighted by Crippen LogP contribution is -2.34. The molecular formula is C13H18N2O3. The number of rotatable bonds is 3. The number of nitrogens with one attached hydrogen (secondary N) is 2. The van der Waals surface area contributed by atoms with E-state index in [1.54, 1.807) is 18.2 Å². The van der Waals surface area contributed by atoms with Crippen molar-refractivity contribution in [3.63, 3.8) is 0 Å². The number of urea groups is 1. The molecule has 5 nitrogen and oxygen atoms in total. The van der Waals surface area contributed by atoms with E-state index in [-0.39, 0.29) is 12.1 Å². The molecule has 1 aromatic rings. The first-order valence-corrected chi connectivity index (χ1v) is 5.70. The molecule has 18 heavy (non-hydrogen) atoms. The molecule has 0 fully saturated rings. The van der Waals surface area contributed by atoms with Crippen LogP contribution in [0.5, 0.6) is 0 Å². The van der Waals surface area contributed by atoms with Gasteiger partial charge in [0.15, 0.2) is 0 Å². The Hall–Kier alpha value is -2.04. The van der Waals surface area contributed by atoms with Gasteiger partial charge in [-0.15, -0.1) is 0 Å². The van der Waals surface area contributed by atoms with Crippen LogP contribution in [0.4, 0.5) is 10.5 Å². The third kappa shape index (κ3) is 3.76. The van der Waals surface area contributed by atoms with Gasteiger partial charge in [0.1, 0.15) is 0 Å². The number of carbonyl (C=O) groups is 2. The fourth-order valence-electron chi connectivity index (χ4n) is 1.47. The Morgan fingerprint density at radius 2 is 1.94 bits per heavy atom. The van der Waals surface area contributed by atoms with E-state index in [0.29, 0.717) is 11.3 Å². The first-order chi connectivity index (χ1) is 8.43. The largest absolute Gasteiger partial charge is 0.465 e. The van der Waals surface area contributed by atoms with Crippen LogP contribution in [0.3, 0.4) is 0 Å². The van der Waals surface area contributed by atoms with Crippen molar-refractivity contribution < 1.29 is 14.3 Å². The molecule has 1 aromatic carbocycles. The zero-order valence-electron chi connectivity index (χ0n) is 11.0. The standard InChI is InChI=1S/C13H18N2O3/c1-8(2)14-13(17)15-11-7-9(3)5-6-10(11)12(16)18-4/h5-8H,1-4H3,(H2,14,15,17). The number of aryl methyl sites for hydroxylation is 1. The maximum Gasteiger partial charge on any atom is 0.339 e. The molecule has 2 amide bonds. The number of hydrogen-bond donors (Lipinski definition) is 2. The monoisotopic (exact) mass is 250 g/mol. The number of amides is 2. The molecule has 0 saturated carbocycles. The van der Waals surface area contributed by atoms with Crippen LogP contribution in [0.15, 0.2) is 18.2 Å². The van der Waals surface area contributed by atoms with E-state index < -0.39 is 5.97 Å². The molecule has 5 heteroatoms. The van der Waals surface area contributed by atoms with Crippen LogP contribution in [0.25, 0.3) is 0 Å². The summed E-state index contributed by atoms with van der Waals surface area (Å²) in [5.41, 5.74) is 1.73. The number of carbonyl (C=O) groups excluding carboxylic acids is 2. The van der Waals surface area contributed by atoms with Crippen LogP contribution in [-0.4, -0.2) is 25.2 Å². The lowest BCUT2D eigenvalue weighted by molar-refractivity contribution is 0.0602. The van der Waals surface area contributed by atoms with Crippen LogP contribution < -0.4 is 10.6 Å². The minimum atomic E-state index is -0.477. The Bertz CT molecular complexity index is 456. The minimum absolute atomic E-state index is 0.0244. The van der Waals surface area contributed by atoms with Crippen molar-refractivity contribution in [2.24, 2.45) is 0 Å². The quantitative estimate of drug-likeness (QED) is 0.809. The maximum absolute atomic E-state index is 11.6. The summed E-state index contributed by atoms with van der Waals surface area (Å²) in [6, 6.07) is 4.83. The number of hydrogen-bond acceptors (Lipinski definition) is 3.